The first kappa shape index (κ1) is 20.5. The second-order valence-corrected chi connectivity index (χ2v) is 8.07. The van der Waals surface area contributed by atoms with E-state index < -0.39 is 17.2 Å². The monoisotopic (exact) mass is 408 g/mol. The van der Waals surface area contributed by atoms with Crippen molar-refractivity contribution in [3.05, 3.63) is 52.6 Å². The van der Waals surface area contributed by atoms with E-state index >= 15 is 0 Å². The van der Waals surface area contributed by atoms with E-state index in [9.17, 15) is 19.4 Å². The molecule has 2 aliphatic heterocycles. The summed E-state index contributed by atoms with van der Waals surface area (Å²) in [6.07, 6.45) is 1.89. The number of morpholine rings is 1. The molecule has 0 bridgehead atoms. The first-order valence-corrected chi connectivity index (χ1v) is 10.3. The van der Waals surface area contributed by atoms with Crippen molar-refractivity contribution in [1.82, 2.24) is 9.80 Å². The predicted octanol–water partition coefficient (Wildman–Crippen LogP) is 3.00. The number of phenolic OH excluding ortho intramolecular Hbond substituents is 1. The van der Waals surface area contributed by atoms with E-state index in [1.165, 1.54) is 17.8 Å². The van der Waals surface area contributed by atoms with Gasteiger partial charge in [-0.2, -0.15) is 0 Å². The molecule has 0 aliphatic carbocycles. The first-order chi connectivity index (χ1) is 13.4. The fourth-order valence-electron chi connectivity index (χ4n) is 3.51. The summed E-state index contributed by atoms with van der Waals surface area (Å²) in [6.45, 7) is 6.70. The Bertz CT molecular complexity index is 805. The molecule has 6 nitrogen and oxygen atoms in total. The van der Waals surface area contributed by atoms with Gasteiger partial charge in [0.1, 0.15) is 22.8 Å². The number of allylic oxidation sites excluding steroid dienone is 2. The second-order valence-electron chi connectivity index (χ2n) is 6.71. The van der Waals surface area contributed by atoms with Gasteiger partial charge in [0.2, 0.25) is 0 Å². The summed E-state index contributed by atoms with van der Waals surface area (Å²) in [5.74, 6) is 0.0429. The number of rotatable bonds is 6. The lowest BCUT2D eigenvalue weighted by Crippen LogP contribution is -2.47. The van der Waals surface area contributed by atoms with E-state index in [0.29, 0.717) is 37.4 Å². The van der Waals surface area contributed by atoms with Crippen molar-refractivity contribution in [1.29, 1.82) is 0 Å². The molecular formula is C20H25FN2O4S. The maximum absolute atomic E-state index is 13.4. The molecule has 1 unspecified atom stereocenters. The first-order valence-electron chi connectivity index (χ1n) is 9.26. The molecule has 2 heterocycles. The number of phenols is 1. The van der Waals surface area contributed by atoms with Crippen LogP contribution in [0.4, 0.5) is 4.39 Å². The lowest BCUT2D eigenvalue weighted by molar-refractivity contribution is -0.133. The van der Waals surface area contributed by atoms with Crippen molar-refractivity contribution in [2.75, 3.05) is 32.1 Å². The Morgan fingerprint density at radius 1 is 1.36 bits per heavy atom. The fourth-order valence-corrected chi connectivity index (χ4v) is 4.65. The summed E-state index contributed by atoms with van der Waals surface area (Å²) in [4.78, 5) is 16.1. The molecule has 0 amide bonds. The van der Waals surface area contributed by atoms with Gasteiger partial charge in [-0.1, -0.05) is 13.0 Å². The van der Waals surface area contributed by atoms with Crippen molar-refractivity contribution in [2.45, 2.75) is 25.8 Å². The molecule has 3 rings (SSSR count). The molecule has 1 saturated heterocycles. The van der Waals surface area contributed by atoms with E-state index in [2.05, 4.69) is 4.90 Å². The van der Waals surface area contributed by atoms with Gasteiger partial charge in [0.25, 0.3) is 0 Å². The van der Waals surface area contributed by atoms with Crippen LogP contribution in [0, 0.1) is 5.82 Å². The minimum absolute atomic E-state index is 0.135. The number of aromatic hydroxyl groups is 1. The van der Waals surface area contributed by atoms with E-state index in [0.717, 1.165) is 23.2 Å². The highest BCUT2D eigenvalue weighted by molar-refractivity contribution is 8.00. The number of carboxylic acid groups (broad SMARTS) is 1. The van der Waals surface area contributed by atoms with Gasteiger partial charge in [-0.15, -0.1) is 11.8 Å². The molecule has 1 atom stereocenters. The molecule has 0 saturated carbocycles. The van der Waals surface area contributed by atoms with Crippen molar-refractivity contribution in [3.63, 3.8) is 0 Å². The van der Waals surface area contributed by atoms with Crippen LogP contribution in [0.3, 0.4) is 0 Å². The number of hydrogen-bond donors (Lipinski definition) is 2. The van der Waals surface area contributed by atoms with Crippen LogP contribution in [0.2, 0.25) is 0 Å². The van der Waals surface area contributed by atoms with Gasteiger partial charge in [-0.3, -0.25) is 0 Å². The average molecular weight is 408 g/mol. The highest BCUT2D eigenvalue weighted by atomic mass is 32.2. The highest BCUT2D eigenvalue weighted by Gasteiger charge is 2.36. The van der Waals surface area contributed by atoms with Gasteiger partial charge in [-0.05, 0) is 30.4 Å². The molecule has 8 heteroatoms. The van der Waals surface area contributed by atoms with Crippen molar-refractivity contribution in [2.24, 2.45) is 0 Å². The number of aliphatic carboxylic acids is 1. The zero-order chi connectivity index (χ0) is 20.3. The summed E-state index contributed by atoms with van der Waals surface area (Å²) >= 11 is 1.53. The molecule has 0 radical (unpaired) electrons. The third-order valence-corrected chi connectivity index (χ3v) is 6.01. The molecule has 2 aliphatic rings. The maximum atomic E-state index is 13.4. The SMILES string of the molecule is CCSC1C(C(=O)O)=C(C)C=C(N2CCOCC2)N1Cc1ccc(F)cc1O. The van der Waals surface area contributed by atoms with Crippen LogP contribution < -0.4 is 0 Å². The summed E-state index contributed by atoms with van der Waals surface area (Å²) in [6, 6.07) is 3.93. The number of benzene rings is 1. The van der Waals surface area contributed by atoms with Crippen molar-refractivity contribution < 1.29 is 24.1 Å². The molecule has 1 fully saturated rings. The quantitative estimate of drug-likeness (QED) is 0.750. The molecular weight excluding hydrogens is 383 g/mol. The zero-order valence-corrected chi connectivity index (χ0v) is 16.8. The molecule has 0 spiro atoms. The Morgan fingerprint density at radius 2 is 2.07 bits per heavy atom. The number of nitrogens with zero attached hydrogens (tertiary/aromatic N) is 2. The number of ether oxygens (including phenoxy) is 1. The Kier molecular flexibility index (Phi) is 6.51. The Hall–Kier alpha value is -2.19. The van der Waals surface area contributed by atoms with E-state index in [-0.39, 0.29) is 12.3 Å². The van der Waals surface area contributed by atoms with Crippen LogP contribution in [0.25, 0.3) is 0 Å². The summed E-state index contributed by atoms with van der Waals surface area (Å²) in [7, 11) is 0. The minimum atomic E-state index is -0.950. The molecule has 2 N–H and O–H groups in total. The fraction of sp³-hybridized carbons (Fsp3) is 0.450. The number of carboxylic acids is 1. The maximum Gasteiger partial charge on any atom is 0.334 e. The molecule has 152 valence electrons. The topological polar surface area (TPSA) is 73.2 Å². The summed E-state index contributed by atoms with van der Waals surface area (Å²) < 4.78 is 18.9. The van der Waals surface area contributed by atoms with Gasteiger partial charge in [0, 0.05) is 31.3 Å². The zero-order valence-electron chi connectivity index (χ0n) is 16.0. The number of thioether (sulfide) groups is 1. The van der Waals surface area contributed by atoms with Gasteiger partial charge in [0.05, 0.1) is 18.8 Å². The van der Waals surface area contributed by atoms with Crippen LogP contribution >= 0.6 is 11.8 Å². The Labute approximate surface area is 168 Å². The van der Waals surface area contributed by atoms with Crippen LogP contribution in [-0.2, 0) is 16.1 Å². The summed E-state index contributed by atoms with van der Waals surface area (Å²) in [5, 5.41) is 19.6. The molecule has 1 aromatic carbocycles. The lowest BCUT2D eigenvalue weighted by atomic mass is 10.0. The standard InChI is InChI=1S/C20H25FN2O4S/c1-3-28-19-18(20(25)26)13(2)10-17(22-6-8-27-9-7-22)23(19)12-14-4-5-15(21)11-16(14)24/h4-5,10-11,19,24H,3,6-9,12H2,1-2H3,(H,25,26). The van der Waals surface area contributed by atoms with Gasteiger partial charge >= 0.3 is 5.97 Å². The van der Waals surface area contributed by atoms with Gasteiger partial charge in [-0.25, -0.2) is 9.18 Å². The van der Waals surface area contributed by atoms with E-state index in [1.807, 2.05) is 24.8 Å². The molecule has 0 aromatic heterocycles. The van der Waals surface area contributed by atoms with Crippen molar-refractivity contribution in [3.8, 4) is 5.75 Å². The molecule has 1 aromatic rings. The smallest absolute Gasteiger partial charge is 0.334 e. The van der Waals surface area contributed by atoms with Gasteiger partial charge in [0.15, 0.2) is 0 Å². The molecule has 28 heavy (non-hydrogen) atoms. The number of carbonyl (C=O) groups is 1. The lowest BCUT2D eigenvalue weighted by Gasteiger charge is -2.44. The van der Waals surface area contributed by atoms with Gasteiger partial charge < -0.3 is 24.7 Å². The van der Waals surface area contributed by atoms with Crippen LogP contribution in [-0.4, -0.2) is 63.4 Å². The largest absolute Gasteiger partial charge is 0.507 e. The third-order valence-electron chi connectivity index (χ3n) is 4.87. The second kappa shape index (κ2) is 8.87. The van der Waals surface area contributed by atoms with Crippen molar-refractivity contribution >= 4 is 17.7 Å². The number of halogens is 1. The number of hydrogen-bond acceptors (Lipinski definition) is 6. The Morgan fingerprint density at radius 3 is 2.68 bits per heavy atom. The summed E-state index contributed by atoms with van der Waals surface area (Å²) in [5.41, 5.74) is 1.61. The van der Waals surface area contributed by atoms with Crippen LogP contribution in [0.1, 0.15) is 19.4 Å². The minimum Gasteiger partial charge on any atom is -0.507 e. The van der Waals surface area contributed by atoms with E-state index in [4.69, 9.17) is 4.74 Å². The average Bonchev–Trinajstić information content (AvgIpc) is 2.66. The predicted molar refractivity (Wildman–Crippen MR) is 106 cm³/mol. The highest BCUT2D eigenvalue weighted by Crippen LogP contribution is 2.37. The van der Waals surface area contributed by atoms with Crippen LogP contribution in [0.15, 0.2) is 41.2 Å². The Balaban J connectivity index is 2.04. The van der Waals surface area contributed by atoms with E-state index in [1.54, 1.807) is 6.07 Å². The third kappa shape index (κ3) is 4.28. The normalized spacial score (nSPS) is 20.4. The van der Waals surface area contributed by atoms with Crippen LogP contribution in [0.5, 0.6) is 5.75 Å².